The lowest BCUT2D eigenvalue weighted by Crippen LogP contribution is -2.54. The van der Waals surface area contributed by atoms with E-state index < -0.39 is 11.5 Å². The highest BCUT2D eigenvalue weighted by Gasteiger charge is 2.33. The molecule has 1 heterocycles. The predicted octanol–water partition coefficient (Wildman–Crippen LogP) is 1.94. The van der Waals surface area contributed by atoms with E-state index >= 15 is 0 Å². The Kier molecular flexibility index (Phi) is 4.78. The van der Waals surface area contributed by atoms with Gasteiger partial charge in [0.2, 0.25) is 0 Å². The standard InChI is InChI=1S/C14H28N2O2/c1-13(2,3)11-6-5-8-16(9-7-11)10-14(4,15)12(17)18/h11H,5-10,15H2,1-4H3,(H,17,18). The Hall–Kier alpha value is -0.610. The van der Waals surface area contributed by atoms with E-state index in [-0.39, 0.29) is 0 Å². The molecule has 3 N–H and O–H groups in total. The zero-order chi connectivity index (χ0) is 14.0. The van der Waals surface area contributed by atoms with Crippen molar-refractivity contribution in [2.75, 3.05) is 19.6 Å². The van der Waals surface area contributed by atoms with Crippen molar-refractivity contribution in [2.24, 2.45) is 17.1 Å². The van der Waals surface area contributed by atoms with E-state index in [1.165, 1.54) is 6.42 Å². The average molecular weight is 256 g/mol. The van der Waals surface area contributed by atoms with E-state index in [1.54, 1.807) is 6.92 Å². The summed E-state index contributed by atoms with van der Waals surface area (Å²) in [5.74, 6) is -0.199. The molecule has 0 aromatic heterocycles. The van der Waals surface area contributed by atoms with Crippen LogP contribution in [0.25, 0.3) is 0 Å². The monoisotopic (exact) mass is 256 g/mol. The second-order valence-corrected chi connectivity index (χ2v) is 6.99. The van der Waals surface area contributed by atoms with E-state index in [2.05, 4.69) is 25.7 Å². The number of carbonyl (C=O) groups is 1. The van der Waals surface area contributed by atoms with Gasteiger partial charge < -0.3 is 15.7 Å². The minimum atomic E-state index is -1.14. The van der Waals surface area contributed by atoms with Gasteiger partial charge in [-0.15, -0.1) is 0 Å². The third-order valence-electron chi connectivity index (χ3n) is 4.09. The molecule has 18 heavy (non-hydrogen) atoms. The van der Waals surface area contributed by atoms with Gasteiger partial charge in [0, 0.05) is 6.54 Å². The van der Waals surface area contributed by atoms with Crippen LogP contribution < -0.4 is 5.73 Å². The van der Waals surface area contributed by atoms with Gasteiger partial charge in [0.05, 0.1) is 0 Å². The first-order valence-corrected chi connectivity index (χ1v) is 6.87. The molecule has 1 rings (SSSR count). The van der Waals surface area contributed by atoms with Gasteiger partial charge in [0.25, 0.3) is 0 Å². The summed E-state index contributed by atoms with van der Waals surface area (Å²) in [5, 5.41) is 9.07. The van der Waals surface area contributed by atoms with E-state index in [0.29, 0.717) is 12.0 Å². The first kappa shape index (κ1) is 15.4. The summed E-state index contributed by atoms with van der Waals surface area (Å²) >= 11 is 0. The summed E-state index contributed by atoms with van der Waals surface area (Å²) in [6, 6.07) is 0. The minimum Gasteiger partial charge on any atom is -0.480 e. The van der Waals surface area contributed by atoms with Gasteiger partial charge in [-0.1, -0.05) is 20.8 Å². The summed E-state index contributed by atoms with van der Waals surface area (Å²) in [4.78, 5) is 13.3. The summed E-state index contributed by atoms with van der Waals surface area (Å²) in [5.41, 5.74) is 5.03. The van der Waals surface area contributed by atoms with Crippen molar-refractivity contribution < 1.29 is 9.90 Å². The summed E-state index contributed by atoms with van der Waals surface area (Å²) in [6.07, 6.45) is 3.51. The summed E-state index contributed by atoms with van der Waals surface area (Å²) in [6.45, 7) is 10.8. The van der Waals surface area contributed by atoms with Crippen LogP contribution in [0.4, 0.5) is 0 Å². The zero-order valence-electron chi connectivity index (χ0n) is 12.2. The summed E-state index contributed by atoms with van der Waals surface area (Å²) < 4.78 is 0. The molecule has 0 aromatic rings. The van der Waals surface area contributed by atoms with Gasteiger partial charge in [-0.2, -0.15) is 0 Å². The molecular weight excluding hydrogens is 228 g/mol. The fraction of sp³-hybridized carbons (Fsp3) is 0.929. The lowest BCUT2D eigenvalue weighted by atomic mass is 9.77. The number of nitrogens with two attached hydrogens (primary N) is 1. The average Bonchev–Trinajstić information content (AvgIpc) is 2.41. The molecule has 1 fully saturated rings. The molecule has 0 saturated carbocycles. The lowest BCUT2D eigenvalue weighted by molar-refractivity contribution is -0.143. The maximum Gasteiger partial charge on any atom is 0.324 e. The molecule has 0 aliphatic carbocycles. The number of hydrogen-bond acceptors (Lipinski definition) is 3. The Balaban J connectivity index is 2.55. The SMILES string of the molecule is CC(N)(CN1CCCC(C(C)(C)C)CC1)C(=O)O. The molecule has 1 saturated heterocycles. The molecule has 4 heteroatoms. The number of likely N-dealkylation sites (tertiary alicyclic amines) is 1. The van der Waals surface area contributed by atoms with Crippen LogP contribution >= 0.6 is 0 Å². The van der Waals surface area contributed by atoms with Crippen LogP contribution in [0.5, 0.6) is 0 Å². The number of carboxylic acids is 1. The van der Waals surface area contributed by atoms with E-state index in [9.17, 15) is 4.79 Å². The minimum absolute atomic E-state index is 0.342. The molecule has 0 aromatic carbocycles. The highest BCUT2D eigenvalue weighted by molar-refractivity contribution is 5.78. The quantitative estimate of drug-likeness (QED) is 0.810. The van der Waals surface area contributed by atoms with Gasteiger partial charge in [-0.05, 0) is 50.6 Å². The van der Waals surface area contributed by atoms with Crippen LogP contribution in [0, 0.1) is 11.3 Å². The topological polar surface area (TPSA) is 66.6 Å². The third kappa shape index (κ3) is 4.25. The fourth-order valence-electron chi connectivity index (χ4n) is 2.71. The van der Waals surface area contributed by atoms with Crippen molar-refractivity contribution in [3.05, 3.63) is 0 Å². The van der Waals surface area contributed by atoms with Crippen molar-refractivity contribution >= 4 is 5.97 Å². The molecule has 0 radical (unpaired) electrons. The fourth-order valence-corrected chi connectivity index (χ4v) is 2.71. The Morgan fingerprint density at radius 1 is 1.28 bits per heavy atom. The van der Waals surface area contributed by atoms with Gasteiger partial charge in [-0.25, -0.2) is 0 Å². The molecule has 1 aliphatic heterocycles. The molecule has 0 amide bonds. The summed E-state index contributed by atoms with van der Waals surface area (Å²) in [7, 11) is 0. The molecule has 2 atom stereocenters. The number of nitrogens with zero attached hydrogens (tertiary/aromatic N) is 1. The van der Waals surface area contributed by atoms with Crippen molar-refractivity contribution in [3.8, 4) is 0 Å². The predicted molar refractivity (Wildman–Crippen MR) is 73.5 cm³/mol. The van der Waals surface area contributed by atoms with Crippen LogP contribution in [-0.4, -0.2) is 41.1 Å². The lowest BCUT2D eigenvalue weighted by Gasteiger charge is -2.31. The van der Waals surface area contributed by atoms with Gasteiger partial charge in [0.1, 0.15) is 5.54 Å². The van der Waals surface area contributed by atoms with Crippen molar-refractivity contribution in [3.63, 3.8) is 0 Å². The molecular formula is C14H28N2O2. The first-order chi connectivity index (χ1) is 8.13. The largest absolute Gasteiger partial charge is 0.480 e. The normalized spacial score (nSPS) is 26.4. The van der Waals surface area contributed by atoms with Crippen LogP contribution in [0.1, 0.15) is 47.0 Å². The Morgan fingerprint density at radius 3 is 2.39 bits per heavy atom. The molecule has 0 bridgehead atoms. The highest BCUT2D eigenvalue weighted by Crippen LogP contribution is 2.34. The number of aliphatic carboxylic acids is 1. The van der Waals surface area contributed by atoms with Crippen LogP contribution in [0.2, 0.25) is 0 Å². The van der Waals surface area contributed by atoms with E-state index in [0.717, 1.165) is 31.8 Å². The van der Waals surface area contributed by atoms with Crippen molar-refractivity contribution in [2.45, 2.75) is 52.5 Å². The first-order valence-electron chi connectivity index (χ1n) is 6.87. The van der Waals surface area contributed by atoms with Gasteiger partial charge in [-0.3, -0.25) is 4.79 Å². The van der Waals surface area contributed by atoms with Gasteiger partial charge in [0.15, 0.2) is 0 Å². The molecule has 0 spiro atoms. The Morgan fingerprint density at radius 2 is 1.89 bits per heavy atom. The Bertz CT molecular complexity index is 295. The molecule has 1 aliphatic rings. The van der Waals surface area contributed by atoms with Crippen LogP contribution in [0.3, 0.4) is 0 Å². The molecule has 2 unspecified atom stereocenters. The second kappa shape index (κ2) is 5.57. The number of carboxylic acid groups (broad SMARTS) is 1. The number of hydrogen-bond donors (Lipinski definition) is 2. The highest BCUT2D eigenvalue weighted by atomic mass is 16.4. The second-order valence-electron chi connectivity index (χ2n) is 6.99. The van der Waals surface area contributed by atoms with Crippen molar-refractivity contribution in [1.29, 1.82) is 0 Å². The van der Waals surface area contributed by atoms with E-state index in [4.69, 9.17) is 10.8 Å². The maximum absolute atomic E-state index is 11.1. The maximum atomic E-state index is 11.1. The van der Waals surface area contributed by atoms with Gasteiger partial charge >= 0.3 is 5.97 Å². The third-order valence-corrected chi connectivity index (χ3v) is 4.09. The van der Waals surface area contributed by atoms with E-state index in [1.807, 2.05) is 0 Å². The van der Waals surface area contributed by atoms with Crippen LogP contribution in [0.15, 0.2) is 0 Å². The smallest absolute Gasteiger partial charge is 0.324 e. The molecule has 106 valence electrons. The van der Waals surface area contributed by atoms with Crippen LogP contribution in [-0.2, 0) is 4.79 Å². The van der Waals surface area contributed by atoms with Crippen molar-refractivity contribution in [1.82, 2.24) is 4.90 Å². The number of rotatable bonds is 3. The molecule has 4 nitrogen and oxygen atoms in total. The Labute approximate surface area is 111 Å². The zero-order valence-corrected chi connectivity index (χ0v) is 12.2.